The number of rotatable bonds is 7. The molecule has 0 aromatic rings. The van der Waals surface area contributed by atoms with Crippen molar-refractivity contribution < 1.29 is 19.4 Å². The monoisotopic (exact) mass is 373 g/mol. The van der Waals surface area contributed by atoms with Crippen LogP contribution in [-0.2, 0) is 9.53 Å². The number of hydrogen-bond donors (Lipinski definition) is 2. The third-order valence-electron chi connectivity index (χ3n) is 4.74. The van der Waals surface area contributed by atoms with Crippen molar-refractivity contribution in [1.82, 2.24) is 15.1 Å². The number of hydrogen-bond acceptors (Lipinski definition) is 5. The van der Waals surface area contributed by atoms with Crippen molar-refractivity contribution in [2.45, 2.75) is 50.0 Å². The number of carbonyl (C=O) groups excluding carboxylic acids is 1. The third kappa shape index (κ3) is 6.67. The first kappa shape index (κ1) is 20.3. The SMILES string of the molecule is CCSC1CCCCC1NC(=O)N1CCOC(CN(C)CC(=O)O)C1. The van der Waals surface area contributed by atoms with Crippen molar-refractivity contribution in [2.24, 2.45) is 0 Å². The number of morpholine rings is 1. The quantitative estimate of drug-likeness (QED) is 0.703. The Morgan fingerprint density at radius 1 is 1.36 bits per heavy atom. The van der Waals surface area contributed by atoms with Crippen LogP contribution < -0.4 is 5.32 Å². The predicted molar refractivity (Wildman–Crippen MR) is 99.2 cm³/mol. The van der Waals surface area contributed by atoms with Crippen LogP contribution in [0.4, 0.5) is 4.79 Å². The Kier molecular flexibility index (Phi) is 8.32. The summed E-state index contributed by atoms with van der Waals surface area (Å²) < 4.78 is 5.70. The van der Waals surface area contributed by atoms with Crippen molar-refractivity contribution in [2.75, 3.05) is 45.6 Å². The summed E-state index contributed by atoms with van der Waals surface area (Å²) in [4.78, 5) is 27.0. The Morgan fingerprint density at radius 2 is 2.12 bits per heavy atom. The number of carboxylic acids is 1. The number of nitrogens with zero attached hydrogens (tertiary/aromatic N) is 2. The van der Waals surface area contributed by atoms with E-state index in [4.69, 9.17) is 9.84 Å². The van der Waals surface area contributed by atoms with E-state index in [1.807, 2.05) is 16.7 Å². The molecule has 3 unspecified atom stereocenters. The van der Waals surface area contributed by atoms with Gasteiger partial charge in [0, 0.05) is 30.9 Å². The van der Waals surface area contributed by atoms with Gasteiger partial charge in [0.05, 0.1) is 19.3 Å². The molecule has 3 atom stereocenters. The van der Waals surface area contributed by atoms with Gasteiger partial charge in [-0.05, 0) is 25.6 Å². The number of thioether (sulfide) groups is 1. The van der Waals surface area contributed by atoms with Gasteiger partial charge in [0.25, 0.3) is 0 Å². The molecule has 7 nitrogen and oxygen atoms in total. The Balaban J connectivity index is 1.83. The highest BCUT2D eigenvalue weighted by Crippen LogP contribution is 2.28. The lowest BCUT2D eigenvalue weighted by Crippen LogP contribution is -2.55. The largest absolute Gasteiger partial charge is 0.480 e. The van der Waals surface area contributed by atoms with Crippen molar-refractivity contribution in [1.29, 1.82) is 0 Å². The Bertz CT molecular complexity index is 450. The number of amides is 2. The average molecular weight is 374 g/mol. The highest BCUT2D eigenvalue weighted by molar-refractivity contribution is 7.99. The van der Waals surface area contributed by atoms with Gasteiger partial charge in [0.1, 0.15) is 0 Å². The number of carboxylic acid groups (broad SMARTS) is 1. The van der Waals surface area contributed by atoms with Crippen molar-refractivity contribution >= 4 is 23.8 Å². The van der Waals surface area contributed by atoms with Crippen molar-refractivity contribution in [3.8, 4) is 0 Å². The van der Waals surface area contributed by atoms with Crippen LogP contribution in [0.25, 0.3) is 0 Å². The topological polar surface area (TPSA) is 82.1 Å². The van der Waals surface area contributed by atoms with Gasteiger partial charge in [0.15, 0.2) is 0 Å². The molecular weight excluding hydrogens is 342 g/mol. The van der Waals surface area contributed by atoms with E-state index in [9.17, 15) is 9.59 Å². The van der Waals surface area contributed by atoms with Crippen LogP contribution in [0.2, 0.25) is 0 Å². The van der Waals surface area contributed by atoms with Gasteiger partial charge in [0.2, 0.25) is 0 Å². The smallest absolute Gasteiger partial charge is 0.317 e. The standard InChI is InChI=1S/C17H31N3O4S/c1-3-25-15-7-5-4-6-14(15)18-17(23)20-8-9-24-13(11-20)10-19(2)12-16(21)22/h13-15H,3-12H2,1-2H3,(H,18,23)(H,21,22). The van der Waals surface area contributed by atoms with Gasteiger partial charge in [-0.1, -0.05) is 19.8 Å². The fourth-order valence-electron chi connectivity index (χ4n) is 3.58. The molecule has 1 saturated heterocycles. The van der Waals surface area contributed by atoms with E-state index in [1.165, 1.54) is 19.3 Å². The predicted octanol–water partition coefficient (Wildman–Crippen LogP) is 1.48. The van der Waals surface area contributed by atoms with E-state index in [0.29, 0.717) is 31.5 Å². The number of aliphatic carboxylic acids is 1. The maximum Gasteiger partial charge on any atom is 0.317 e. The van der Waals surface area contributed by atoms with Gasteiger partial charge >= 0.3 is 12.0 Å². The normalized spacial score (nSPS) is 27.3. The van der Waals surface area contributed by atoms with E-state index in [-0.39, 0.29) is 24.7 Å². The summed E-state index contributed by atoms with van der Waals surface area (Å²) in [5.74, 6) is 0.219. The summed E-state index contributed by atoms with van der Waals surface area (Å²) in [6.07, 6.45) is 4.51. The first-order valence-corrected chi connectivity index (χ1v) is 10.2. The van der Waals surface area contributed by atoms with Crippen molar-refractivity contribution in [3.05, 3.63) is 0 Å². The maximum atomic E-state index is 12.7. The minimum absolute atomic E-state index is 0.0113. The highest BCUT2D eigenvalue weighted by atomic mass is 32.2. The highest BCUT2D eigenvalue weighted by Gasteiger charge is 2.30. The van der Waals surface area contributed by atoms with Crippen LogP contribution in [0.5, 0.6) is 0 Å². The summed E-state index contributed by atoms with van der Waals surface area (Å²) >= 11 is 1.94. The molecule has 0 spiro atoms. The fraction of sp³-hybridized carbons (Fsp3) is 0.882. The first-order chi connectivity index (χ1) is 12.0. The number of likely N-dealkylation sites (N-methyl/N-ethyl adjacent to an activating group) is 1. The summed E-state index contributed by atoms with van der Waals surface area (Å²) in [7, 11) is 1.76. The van der Waals surface area contributed by atoms with Gasteiger partial charge < -0.3 is 20.1 Å². The summed E-state index contributed by atoms with van der Waals surface area (Å²) in [5, 5.41) is 12.6. The lowest BCUT2D eigenvalue weighted by atomic mass is 9.95. The second-order valence-corrected chi connectivity index (χ2v) is 8.38. The van der Waals surface area contributed by atoms with Crippen LogP contribution >= 0.6 is 11.8 Å². The number of urea groups is 1. The third-order valence-corrected chi connectivity index (χ3v) is 6.06. The molecular formula is C17H31N3O4S. The number of nitrogens with one attached hydrogen (secondary N) is 1. The number of ether oxygens (including phenoxy) is 1. The Morgan fingerprint density at radius 3 is 2.84 bits per heavy atom. The molecule has 2 rings (SSSR count). The van der Waals surface area contributed by atoms with Gasteiger partial charge in [-0.15, -0.1) is 0 Å². The summed E-state index contributed by atoms with van der Waals surface area (Å²) in [6.45, 7) is 4.24. The van der Waals surface area contributed by atoms with Crippen LogP contribution in [-0.4, -0.2) is 89.9 Å². The molecule has 2 N–H and O–H groups in total. The van der Waals surface area contributed by atoms with Gasteiger partial charge in [-0.2, -0.15) is 11.8 Å². The molecule has 2 aliphatic rings. The lowest BCUT2D eigenvalue weighted by Gasteiger charge is -2.37. The molecule has 1 heterocycles. The second kappa shape index (κ2) is 10.2. The van der Waals surface area contributed by atoms with Crippen LogP contribution in [0.1, 0.15) is 32.6 Å². The zero-order chi connectivity index (χ0) is 18.2. The molecule has 0 aromatic carbocycles. The van der Waals surface area contributed by atoms with Gasteiger partial charge in [-0.25, -0.2) is 4.79 Å². The van der Waals surface area contributed by atoms with Crippen LogP contribution in [0, 0.1) is 0 Å². The van der Waals surface area contributed by atoms with E-state index in [1.54, 1.807) is 11.9 Å². The molecule has 0 radical (unpaired) electrons. The molecule has 8 heteroatoms. The minimum atomic E-state index is -0.857. The van der Waals surface area contributed by atoms with E-state index in [0.717, 1.165) is 12.2 Å². The van der Waals surface area contributed by atoms with Crippen LogP contribution in [0.15, 0.2) is 0 Å². The van der Waals surface area contributed by atoms with E-state index in [2.05, 4.69) is 12.2 Å². The zero-order valence-electron chi connectivity index (χ0n) is 15.3. The molecule has 1 aliphatic heterocycles. The maximum absolute atomic E-state index is 12.7. The fourth-order valence-corrected chi connectivity index (χ4v) is 4.78. The number of carbonyl (C=O) groups is 2. The molecule has 0 bridgehead atoms. The average Bonchev–Trinajstić information content (AvgIpc) is 2.56. The molecule has 144 valence electrons. The van der Waals surface area contributed by atoms with Crippen molar-refractivity contribution in [3.63, 3.8) is 0 Å². The zero-order valence-corrected chi connectivity index (χ0v) is 16.1. The van der Waals surface area contributed by atoms with Crippen LogP contribution in [0.3, 0.4) is 0 Å². The molecule has 2 amide bonds. The second-order valence-electron chi connectivity index (χ2n) is 6.86. The molecule has 2 fully saturated rings. The Labute approximate surface area is 154 Å². The molecule has 1 saturated carbocycles. The van der Waals surface area contributed by atoms with Gasteiger partial charge in [-0.3, -0.25) is 9.69 Å². The first-order valence-electron chi connectivity index (χ1n) is 9.18. The Hall–Kier alpha value is -0.990. The molecule has 25 heavy (non-hydrogen) atoms. The lowest BCUT2D eigenvalue weighted by molar-refractivity contribution is -0.138. The minimum Gasteiger partial charge on any atom is -0.480 e. The molecule has 1 aliphatic carbocycles. The molecule has 0 aromatic heterocycles. The van der Waals surface area contributed by atoms with E-state index < -0.39 is 5.97 Å². The van der Waals surface area contributed by atoms with E-state index >= 15 is 0 Å². The summed E-state index contributed by atoms with van der Waals surface area (Å²) in [5.41, 5.74) is 0. The summed E-state index contributed by atoms with van der Waals surface area (Å²) in [6, 6.07) is 0.241.